The third-order valence-corrected chi connectivity index (χ3v) is 3.78. The number of rotatable bonds is 6. The van der Waals surface area contributed by atoms with E-state index < -0.39 is 0 Å². The maximum absolute atomic E-state index is 5.94. The van der Waals surface area contributed by atoms with Crippen LogP contribution in [0, 0.1) is 0 Å². The van der Waals surface area contributed by atoms with Crippen molar-refractivity contribution in [2.45, 2.75) is 19.9 Å². The molecule has 0 amide bonds. The molecule has 106 valence electrons. The van der Waals surface area contributed by atoms with Crippen molar-refractivity contribution in [2.24, 2.45) is 0 Å². The summed E-state index contributed by atoms with van der Waals surface area (Å²) >= 11 is 9.46. The molecule has 0 saturated heterocycles. The number of halogens is 2. The third-order valence-electron chi connectivity index (χ3n) is 2.80. The molecule has 2 nitrogen and oxygen atoms in total. The SMILES string of the molecule is CCCOc1cccc(NCc2ccc(Cl)cc2Br)c1. The van der Waals surface area contributed by atoms with Crippen LogP contribution in [0.25, 0.3) is 0 Å². The topological polar surface area (TPSA) is 21.3 Å². The zero-order chi connectivity index (χ0) is 14.4. The van der Waals surface area contributed by atoms with Crippen LogP contribution in [-0.4, -0.2) is 6.61 Å². The molecule has 0 saturated carbocycles. The molecule has 0 aliphatic rings. The van der Waals surface area contributed by atoms with Gasteiger partial charge in [0, 0.05) is 27.8 Å². The molecule has 0 aliphatic carbocycles. The van der Waals surface area contributed by atoms with E-state index >= 15 is 0 Å². The van der Waals surface area contributed by atoms with Crippen molar-refractivity contribution < 1.29 is 4.74 Å². The Bertz CT molecular complexity index is 574. The van der Waals surface area contributed by atoms with Gasteiger partial charge >= 0.3 is 0 Å². The van der Waals surface area contributed by atoms with Crippen LogP contribution >= 0.6 is 27.5 Å². The first kappa shape index (κ1) is 15.2. The molecule has 0 radical (unpaired) electrons. The second-order valence-corrected chi connectivity index (χ2v) is 5.76. The highest BCUT2D eigenvalue weighted by Crippen LogP contribution is 2.23. The zero-order valence-corrected chi connectivity index (χ0v) is 13.7. The second kappa shape index (κ2) is 7.55. The van der Waals surface area contributed by atoms with Gasteiger partial charge in [-0.2, -0.15) is 0 Å². The summed E-state index contributed by atoms with van der Waals surface area (Å²) in [5.41, 5.74) is 2.20. The molecule has 1 N–H and O–H groups in total. The summed E-state index contributed by atoms with van der Waals surface area (Å²) in [6, 6.07) is 13.8. The minimum atomic E-state index is 0.731. The average molecular weight is 355 g/mol. The Labute approximate surface area is 133 Å². The zero-order valence-electron chi connectivity index (χ0n) is 11.3. The summed E-state index contributed by atoms with van der Waals surface area (Å²) in [6.45, 7) is 3.57. The smallest absolute Gasteiger partial charge is 0.121 e. The van der Waals surface area contributed by atoms with E-state index in [1.807, 2.05) is 42.5 Å². The summed E-state index contributed by atoms with van der Waals surface area (Å²) in [4.78, 5) is 0. The quantitative estimate of drug-likeness (QED) is 0.739. The minimum Gasteiger partial charge on any atom is -0.494 e. The number of ether oxygens (including phenoxy) is 1. The fraction of sp³-hybridized carbons (Fsp3) is 0.250. The van der Waals surface area contributed by atoms with Gasteiger partial charge in [0.15, 0.2) is 0 Å². The lowest BCUT2D eigenvalue weighted by molar-refractivity contribution is 0.317. The fourth-order valence-electron chi connectivity index (χ4n) is 1.78. The molecule has 0 fully saturated rings. The Morgan fingerprint density at radius 3 is 2.80 bits per heavy atom. The van der Waals surface area contributed by atoms with Crippen molar-refractivity contribution in [2.75, 3.05) is 11.9 Å². The number of anilines is 1. The number of hydrogen-bond acceptors (Lipinski definition) is 2. The molecule has 0 unspecified atom stereocenters. The van der Waals surface area contributed by atoms with Gasteiger partial charge in [0.1, 0.15) is 5.75 Å². The van der Waals surface area contributed by atoms with Crippen LogP contribution in [0.3, 0.4) is 0 Å². The first-order valence-electron chi connectivity index (χ1n) is 6.59. The number of nitrogens with one attached hydrogen (secondary N) is 1. The van der Waals surface area contributed by atoms with Crippen LogP contribution in [0.1, 0.15) is 18.9 Å². The molecular formula is C16H17BrClNO. The predicted octanol–water partition coefficient (Wildman–Crippen LogP) is 5.50. The van der Waals surface area contributed by atoms with Gasteiger partial charge < -0.3 is 10.1 Å². The Kier molecular flexibility index (Phi) is 5.74. The Hall–Kier alpha value is -1.19. The summed E-state index contributed by atoms with van der Waals surface area (Å²) in [5, 5.41) is 4.12. The van der Waals surface area contributed by atoms with Crippen molar-refractivity contribution in [1.29, 1.82) is 0 Å². The Balaban J connectivity index is 1.99. The van der Waals surface area contributed by atoms with Crippen LogP contribution in [0.15, 0.2) is 46.9 Å². The average Bonchev–Trinajstić information content (AvgIpc) is 2.45. The van der Waals surface area contributed by atoms with E-state index in [9.17, 15) is 0 Å². The standard InChI is InChI=1S/C16H17BrClNO/c1-2-8-20-15-5-3-4-14(10-15)19-11-12-6-7-13(18)9-16(12)17/h3-7,9-10,19H,2,8,11H2,1H3. The molecule has 0 aliphatic heterocycles. The molecule has 0 heterocycles. The maximum atomic E-state index is 5.94. The normalized spacial score (nSPS) is 10.3. The molecule has 0 aromatic heterocycles. The van der Waals surface area contributed by atoms with Gasteiger partial charge in [-0.1, -0.05) is 46.6 Å². The van der Waals surface area contributed by atoms with Crippen molar-refractivity contribution in [3.05, 3.63) is 57.5 Å². The number of benzene rings is 2. The lowest BCUT2D eigenvalue weighted by Crippen LogP contribution is -2.01. The third kappa shape index (κ3) is 4.43. The summed E-state index contributed by atoms with van der Waals surface area (Å²) in [7, 11) is 0. The van der Waals surface area contributed by atoms with E-state index in [2.05, 4.69) is 28.2 Å². The molecular weight excluding hydrogens is 338 g/mol. The highest BCUT2D eigenvalue weighted by Gasteiger charge is 2.02. The molecule has 0 bridgehead atoms. The van der Waals surface area contributed by atoms with Crippen LogP contribution in [0.2, 0.25) is 5.02 Å². The van der Waals surface area contributed by atoms with Crippen LogP contribution in [0.4, 0.5) is 5.69 Å². The van der Waals surface area contributed by atoms with Gasteiger partial charge in [-0.15, -0.1) is 0 Å². The van der Waals surface area contributed by atoms with Crippen LogP contribution in [-0.2, 0) is 6.54 Å². The molecule has 0 spiro atoms. The number of hydrogen-bond donors (Lipinski definition) is 1. The lowest BCUT2D eigenvalue weighted by atomic mass is 10.2. The van der Waals surface area contributed by atoms with E-state index in [1.54, 1.807) is 0 Å². The van der Waals surface area contributed by atoms with Crippen molar-refractivity contribution in [3.63, 3.8) is 0 Å². The van der Waals surface area contributed by atoms with E-state index in [1.165, 1.54) is 0 Å². The first-order valence-corrected chi connectivity index (χ1v) is 7.77. The Morgan fingerprint density at radius 1 is 1.20 bits per heavy atom. The highest BCUT2D eigenvalue weighted by atomic mass is 79.9. The maximum Gasteiger partial charge on any atom is 0.121 e. The van der Waals surface area contributed by atoms with E-state index in [4.69, 9.17) is 16.3 Å². The molecule has 4 heteroatoms. The fourth-order valence-corrected chi connectivity index (χ4v) is 2.60. The molecule has 2 aromatic carbocycles. The largest absolute Gasteiger partial charge is 0.494 e. The molecule has 0 atom stereocenters. The van der Waals surface area contributed by atoms with Crippen molar-refractivity contribution in [1.82, 2.24) is 0 Å². The van der Waals surface area contributed by atoms with Gasteiger partial charge in [-0.05, 0) is 36.2 Å². The van der Waals surface area contributed by atoms with E-state index in [0.717, 1.165) is 46.1 Å². The van der Waals surface area contributed by atoms with Gasteiger partial charge in [-0.25, -0.2) is 0 Å². The van der Waals surface area contributed by atoms with Gasteiger partial charge in [0.05, 0.1) is 6.61 Å². The summed E-state index contributed by atoms with van der Waals surface area (Å²) in [5.74, 6) is 0.895. The second-order valence-electron chi connectivity index (χ2n) is 4.47. The van der Waals surface area contributed by atoms with Crippen LogP contribution < -0.4 is 10.1 Å². The van der Waals surface area contributed by atoms with E-state index in [0.29, 0.717) is 0 Å². The van der Waals surface area contributed by atoms with Gasteiger partial charge in [0.25, 0.3) is 0 Å². The minimum absolute atomic E-state index is 0.731. The summed E-state index contributed by atoms with van der Waals surface area (Å²) in [6.07, 6.45) is 1.01. The van der Waals surface area contributed by atoms with Crippen molar-refractivity contribution in [3.8, 4) is 5.75 Å². The molecule has 2 aromatic rings. The summed E-state index contributed by atoms with van der Waals surface area (Å²) < 4.78 is 6.63. The van der Waals surface area contributed by atoms with Crippen LogP contribution in [0.5, 0.6) is 5.75 Å². The van der Waals surface area contributed by atoms with Gasteiger partial charge in [-0.3, -0.25) is 0 Å². The highest BCUT2D eigenvalue weighted by molar-refractivity contribution is 9.10. The predicted molar refractivity (Wildman–Crippen MR) is 88.7 cm³/mol. The van der Waals surface area contributed by atoms with Gasteiger partial charge in [0.2, 0.25) is 0 Å². The van der Waals surface area contributed by atoms with E-state index in [-0.39, 0.29) is 0 Å². The van der Waals surface area contributed by atoms with Crippen molar-refractivity contribution >= 4 is 33.2 Å². The first-order chi connectivity index (χ1) is 9.69. The monoisotopic (exact) mass is 353 g/mol. The molecule has 2 rings (SSSR count). The Morgan fingerprint density at radius 2 is 2.05 bits per heavy atom. The molecule has 20 heavy (non-hydrogen) atoms. The lowest BCUT2D eigenvalue weighted by Gasteiger charge is -2.10.